The number of rotatable bonds is 5. The highest BCUT2D eigenvalue weighted by Crippen LogP contribution is 2.36. The van der Waals surface area contributed by atoms with Gasteiger partial charge >= 0.3 is 5.97 Å². The second-order valence-electron chi connectivity index (χ2n) is 9.19. The van der Waals surface area contributed by atoms with Crippen molar-refractivity contribution in [3.63, 3.8) is 0 Å². The molecule has 0 bridgehead atoms. The molecular formula is C22H33N3O4. The monoisotopic (exact) mass is 403 g/mol. The second kappa shape index (κ2) is 9.15. The third-order valence-electron chi connectivity index (χ3n) is 7.20. The largest absolute Gasteiger partial charge is 0.455 e. The summed E-state index contributed by atoms with van der Waals surface area (Å²) in [6.07, 6.45) is 7.58. The van der Waals surface area contributed by atoms with Gasteiger partial charge in [0, 0.05) is 19.0 Å². The first-order valence-electron chi connectivity index (χ1n) is 11.0. The molecule has 7 nitrogen and oxygen atoms in total. The van der Waals surface area contributed by atoms with Gasteiger partial charge in [-0.2, -0.15) is 5.26 Å². The maximum atomic E-state index is 12.5. The standard InChI is InChI=1S/C22H33N3O4/c1-15-7-6-8-18(16(15)2)25-12-17(11-20(25)27)21(28)29-13-19(26)24-22(14-23)9-4-3-5-10-22/h15-18H,3-13H2,1-2H3,(H,24,26)/t15-,16-,17-,18+/m1/s1. The molecule has 1 heterocycles. The van der Waals surface area contributed by atoms with E-state index in [0.29, 0.717) is 31.2 Å². The molecule has 1 saturated heterocycles. The van der Waals surface area contributed by atoms with Gasteiger partial charge in [-0.3, -0.25) is 14.4 Å². The van der Waals surface area contributed by atoms with E-state index in [1.54, 1.807) is 0 Å². The van der Waals surface area contributed by atoms with Crippen LogP contribution in [0.15, 0.2) is 0 Å². The third kappa shape index (κ3) is 4.91. The maximum absolute atomic E-state index is 12.5. The minimum absolute atomic E-state index is 0.00740. The van der Waals surface area contributed by atoms with Crippen LogP contribution in [-0.4, -0.2) is 47.4 Å². The molecule has 160 valence electrons. The minimum atomic E-state index is -0.838. The van der Waals surface area contributed by atoms with E-state index in [2.05, 4.69) is 25.2 Å². The average Bonchev–Trinajstić information content (AvgIpc) is 3.10. The van der Waals surface area contributed by atoms with Gasteiger partial charge in [0.05, 0.1) is 12.0 Å². The number of esters is 1. The van der Waals surface area contributed by atoms with Gasteiger partial charge in [-0.05, 0) is 31.1 Å². The van der Waals surface area contributed by atoms with E-state index >= 15 is 0 Å². The lowest BCUT2D eigenvalue weighted by atomic mass is 9.77. The molecule has 0 spiro atoms. The molecule has 1 N–H and O–H groups in total. The van der Waals surface area contributed by atoms with Gasteiger partial charge in [0.15, 0.2) is 6.61 Å². The second-order valence-corrected chi connectivity index (χ2v) is 9.19. The van der Waals surface area contributed by atoms with Crippen LogP contribution in [0, 0.1) is 29.1 Å². The molecule has 3 rings (SSSR count). The predicted octanol–water partition coefficient (Wildman–Crippen LogP) is 2.55. The van der Waals surface area contributed by atoms with Crippen LogP contribution < -0.4 is 5.32 Å². The summed E-state index contributed by atoms with van der Waals surface area (Å²) in [6.45, 7) is 4.39. The SMILES string of the molecule is C[C@@H]1[C@H](C)CCC[C@@H]1N1C[C@H](C(=O)OCC(=O)NC2(C#N)CCCCC2)CC1=O. The molecular weight excluding hydrogens is 370 g/mol. The van der Waals surface area contributed by atoms with E-state index in [9.17, 15) is 19.6 Å². The van der Waals surface area contributed by atoms with Gasteiger partial charge in [0.25, 0.3) is 5.91 Å². The molecule has 0 aromatic carbocycles. The highest BCUT2D eigenvalue weighted by Gasteiger charge is 2.42. The Kier molecular flexibility index (Phi) is 6.81. The highest BCUT2D eigenvalue weighted by atomic mass is 16.5. The first-order chi connectivity index (χ1) is 13.8. The number of nitrogens with zero attached hydrogens (tertiary/aromatic N) is 2. The van der Waals surface area contributed by atoms with Crippen molar-refractivity contribution < 1.29 is 19.1 Å². The molecule has 0 aromatic heterocycles. The fraction of sp³-hybridized carbons (Fsp3) is 0.818. The molecule has 29 heavy (non-hydrogen) atoms. The van der Waals surface area contributed by atoms with Crippen molar-refractivity contribution in [1.29, 1.82) is 5.26 Å². The summed E-state index contributed by atoms with van der Waals surface area (Å²) in [5, 5.41) is 12.2. The van der Waals surface area contributed by atoms with E-state index < -0.39 is 29.9 Å². The molecule has 7 heteroatoms. The van der Waals surface area contributed by atoms with Crippen molar-refractivity contribution in [2.75, 3.05) is 13.2 Å². The number of nitrogens with one attached hydrogen (secondary N) is 1. The van der Waals surface area contributed by atoms with Crippen LogP contribution in [0.25, 0.3) is 0 Å². The topological polar surface area (TPSA) is 99.5 Å². The summed E-state index contributed by atoms with van der Waals surface area (Å²) in [4.78, 5) is 39.1. The zero-order chi connectivity index (χ0) is 21.0. The van der Waals surface area contributed by atoms with Crippen LogP contribution in [0.4, 0.5) is 0 Å². The highest BCUT2D eigenvalue weighted by molar-refractivity contribution is 5.88. The lowest BCUT2D eigenvalue weighted by Gasteiger charge is -2.39. The first-order valence-corrected chi connectivity index (χ1v) is 11.0. The Morgan fingerprint density at radius 3 is 2.62 bits per heavy atom. The quantitative estimate of drug-likeness (QED) is 0.711. The Hall–Kier alpha value is -2.10. The summed E-state index contributed by atoms with van der Waals surface area (Å²) in [5.41, 5.74) is -0.838. The number of nitriles is 1. The van der Waals surface area contributed by atoms with Crippen molar-refractivity contribution >= 4 is 17.8 Å². The average molecular weight is 404 g/mol. The zero-order valence-corrected chi connectivity index (χ0v) is 17.6. The molecule has 2 amide bonds. The van der Waals surface area contributed by atoms with Crippen LogP contribution in [0.2, 0.25) is 0 Å². The number of ether oxygens (including phenoxy) is 1. The normalized spacial score (nSPS) is 31.8. The van der Waals surface area contributed by atoms with Gasteiger partial charge < -0.3 is 15.0 Å². The van der Waals surface area contributed by atoms with Gasteiger partial charge in [-0.1, -0.05) is 46.0 Å². The van der Waals surface area contributed by atoms with Crippen LogP contribution in [0.1, 0.15) is 71.6 Å². The molecule has 0 unspecified atom stereocenters. The van der Waals surface area contributed by atoms with Gasteiger partial charge in [-0.15, -0.1) is 0 Å². The lowest BCUT2D eigenvalue weighted by molar-refractivity contribution is -0.152. The Bertz CT molecular complexity index is 680. The van der Waals surface area contributed by atoms with Crippen molar-refractivity contribution in [3.05, 3.63) is 0 Å². The van der Waals surface area contributed by atoms with E-state index in [-0.39, 0.29) is 18.4 Å². The van der Waals surface area contributed by atoms with Gasteiger partial charge in [0.2, 0.25) is 5.91 Å². The van der Waals surface area contributed by atoms with E-state index in [4.69, 9.17) is 4.74 Å². The fourth-order valence-electron chi connectivity index (χ4n) is 5.18. The van der Waals surface area contributed by atoms with Crippen molar-refractivity contribution in [3.8, 4) is 6.07 Å². The van der Waals surface area contributed by atoms with Crippen LogP contribution >= 0.6 is 0 Å². The molecule has 4 atom stereocenters. The number of carbonyl (C=O) groups is 3. The maximum Gasteiger partial charge on any atom is 0.311 e. The Morgan fingerprint density at radius 1 is 1.21 bits per heavy atom. The molecule has 3 fully saturated rings. The number of likely N-dealkylation sites (tertiary alicyclic amines) is 1. The van der Waals surface area contributed by atoms with Crippen LogP contribution in [-0.2, 0) is 19.1 Å². The van der Waals surface area contributed by atoms with E-state index in [0.717, 1.165) is 32.1 Å². The molecule has 3 aliphatic rings. The minimum Gasteiger partial charge on any atom is -0.455 e. The first kappa shape index (κ1) is 21.6. The summed E-state index contributed by atoms with van der Waals surface area (Å²) < 4.78 is 5.21. The number of hydrogen-bond donors (Lipinski definition) is 1. The van der Waals surface area contributed by atoms with Crippen molar-refractivity contribution in [2.24, 2.45) is 17.8 Å². The molecule has 0 aromatic rings. The number of hydrogen-bond acceptors (Lipinski definition) is 5. The Balaban J connectivity index is 1.49. The van der Waals surface area contributed by atoms with Crippen molar-refractivity contribution in [1.82, 2.24) is 10.2 Å². The predicted molar refractivity (Wildman–Crippen MR) is 106 cm³/mol. The van der Waals surface area contributed by atoms with Crippen molar-refractivity contribution in [2.45, 2.75) is 83.2 Å². The number of amides is 2. The smallest absolute Gasteiger partial charge is 0.311 e. The zero-order valence-electron chi connectivity index (χ0n) is 17.6. The van der Waals surface area contributed by atoms with Gasteiger partial charge in [-0.25, -0.2) is 0 Å². The Labute approximate surface area is 173 Å². The summed E-state index contributed by atoms with van der Waals surface area (Å²) >= 11 is 0. The number of carbonyl (C=O) groups excluding carboxylic acids is 3. The summed E-state index contributed by atoms with van der Waals surface area (Å²) in [5.74, 6) is -0.457. The fourth-order valence-corrected chi connectivity index (χ4v) is 5.18. The van der Waals surface area contributed by atoms with E-state index in [1.807, 2.05) is 4.90 Å². The third-order valence-corrected chi connectivity index (χ3v) is 7.20. The Morgan fingerprint density at radius 2 is 1.93 bits per heavy atom. The summed E-state index contributed by atoms with van der Waals surface area (Å²) in [6, 6.07) is 2.41. The van der Waals surface area contributed by atoms with Crippen LogP contribution in [0.5, 0.6) is 0 Å². The molecule has 2 saturated carbocycles. The van der Waals surface area contributed by atoms with E-state index in [1.165, 1.54) is 6.42 Å². The molecule has 0 radical (unpaired) electrons. The molecule has 1 aliphatic heterocycles. The summed E-state index contributed by atoms with van der Waals surface area (Å²) in [7, 11) is 0. The lowest BCUT2D eigenvalue weighted by Crippen LogP contribution is -2.50. The van der Waals surface area contributed by atoms with Crippen LogP contribution in [0.3, 0.4) is 0 Å². The van der Waals surface area contributed by atoms with Gasteiger partial charge in [0.1, 0.15) is 5.54 Å². The molecule has 2 aliphatic carbocycles.